The molecule has 1 rings (SSSR count). The molecule has 3 nitrogen and oxygen atoms in total. The van der Waals surface area contributed by atoms with Crippen LogP contribution in [0.15, 0.2) is 0 Å². The summed E-state index contributed by atoms with van der Waals surface area (Å²) < 4.78 is 0. The minimum atomic E-state index is 0.336. The van der Waals surface area contributed by atoms with E-state index in [0.717, 1.165) is 32.2 Å². The van der Waals surface area contributed by atoms with Crippen molar-refractivity contribution in [2.45, 2.75) is 51.5 Å². The third-order valence-corrected chi connectivity index (χ3v) is 2.66. The van der Waals surface area contributed by atoms with Gasteiger partial charge in [0.15, 0.2) is 0 Å². The lowest BCUT2D eigenvalue weighted by atomic mass is 10.2. The third kappa shape index (κ3) is 3.66. The molecule has 14 heavy (non-hydrogen) atoms. The van der Waals surface area contributed by atoms with Gasteiger partial charge in [0.2, 0.25) is 5.91 Å². The normalized spacial score (nSPS) is 15.6. The van der Waals surface area contributed by atoms with E-state index in [2.05, 4.69) is 6.92 Å². The van der Waals surface area contributed by atoms with E-state index in [1.54, 1.807) is 0 Å². The summed E-state index contributed by atoms with van der Waals surface area (Å²) in [4.78, 5) is 13.8. The first-order valence-corrected chi connectivity index (χ1v) is 5.79. The lowest BCUT2D eigenvalue weighted by Crippen LogP contribution is -2.34. The van der Waals surface area contributed by atoms with Crippen molar-refractivity contribution in [2.24, 2.45) is 5.73 Å². The quantitative estimate of drug-likeness (QED) is 0.674. The molecule has 82 valence electrons. The van der Waals surface area contributed by atoms with Crippen molar-refractivity contribution in [2.75, 3.05) is 13.1 Å². The standard InChI is InChI=1S/C11H22N2O/c1-2-3-5-11(14)13(9-4-8-12)10-6-7-10/h10H,2-9,12H2,1H3. The first kappa shape index (κ1) is 11.5. The predicted octanol–water partition coefficient (Wildman–Crippen LogP) is 1.52. The minimum absolute atomic E-state index is 0.336. The van der Waals surface area contributed by atoms with Crippen molar-refractivity contribution in [1.82, 2.24) is 4.90 Å². The second kappa shape index (κ2) is 6.02. The second-order valence-electron chi connectivity index (χ2n) is 4.06. The Morgan fingerprint density at radius 3 is 2.64 bits per heavy atom. The van der Waals surface area contributed by atoms with E-state index in [-0.39, 0.29) is 0 Å². The molecule has 0 aromatic rings. The van der Waals surface area contributed by atoms with E-state index in [4.69, 9.17) is 5.73 Å². The van der Waals surface area contributed by atoms with E-state index < -0.39 is 0 Å². The Hall–Kier alpha value is -0.570. The minimum Gasteiger partial charge on any atom is -0.340 e. The van der Waals surface area contributed by atoms with Gasteiger partial charge in [0.05, 0.1) is 0 Å². The highest BCUT2D eigenvalue weighted by atomic mass is 16.2. The van der Waals surface area contributed by atoms with Gasteiger partial charge in [-0.3, -0.25) is 4.79 Å². The van der Waals surface area contributed by atoms with Gasteiger partial charge in [-0.1, -0.05) is 13.3 Å². The van der Waals surface area contributed by atoms with Crippen molar-refractivity contribution in [3.63, 3.8) is 0 Å². The van der Waals surface area contributed by atoms with Crippen molar-refractivity contribution in [3.8, 4) is 0 Å². The molecule has 0 heterocycles. The number of hydrogen-bond donors (Lipinski definition) is 1. The van der Waals surface area contributed by atoms with Crippen molar-refractivity contribution < 1.29 is 4.79 Å². The monoisotopic (exact) mass is 198 g/mol. The highest BCUT2D eigenvalue weighted by molar-refractivity contribution is 5.76. The van der Waals surface area contributed by atoms with E-state index in [0.29, 0.717) is 18.5 Å². The molecule has 1 aliphatic rings. The summed E-state index contributed by atoms with van der Waals surface area (Å²) in [5.74, 6) is 0.336. The third-order valence-electron chi connectivity index (χ3n) is 2.66. The molecule has 1 saturated carbocycles. The molecule has 0 radical (unpaired) electrons. The maximum Gasteiger partial charge on any atom is 0.222 e. The van der Waals surface area contributed by atoms with Crippen LogP contribution in [-0.4, -0.2) is 29.9 Å². The highest BCUT2D eigenvalue weighted by Gasteiger charge is 2.31. The largest absolute Gasteiger partial charge is 0.340 e. The van der Waals surface area contributed by atoms with Crippen molar-refractivity contribution in [1.29, 1.82) is 0 Å². The Kier molecular flexibility index (Phi) is 4.94. The molecule has 0 atom stereocenters. The zero-order valence-electron chi connectivity index (χ0n) is 9.17. The number of hydrogen-bond acceptors (Lipinski definition) is 2. The number of amides is 1. The van der Waals surface area contributed by atoms with Gasteiger partial charge in [0.25, 0.3) is 0 Å². The average Bonchev–Trinajstić information content (AvgIpc) is 2.99. The van der Waals surface area contributed by atoms with E-state index >= 15 is 0 Å². The van der Waals surface area contributed by atoms with Crippen LogP contribution in [-0.2, 0) is 4.79 Å². The average molecular weight is 198 g/mol. The Morgan fingerprint density at radius 1 is 1.43 bits per heavy atom. The molecular weight excluding hydrogens is 176 g/mol. The van der Waals surface area contributed by atoms with Crippen molar-refractivity contribution in [3.05, 3.63) is 0 Å². The first-order valence-electron chi connectivity index (χ1n) is 5.79. The van der Waals surface area contributed by atoms with Gasteiger partial charge in [0.1, 0.15) is 0 Å². The Balaban J connectivity index is 2.28. The predicted molar refractivity (Wildman–Crippen MR) is 57.9 cm³/mol. The molecule has 0 unspecified atom stereocenters. The van der Waals surface area contributed by atoms with Gasteiger partial charge in [-0.2, -0.15) is 0 Å². The van der Waals surface area contributed by atoms with Gasteiger partial charge in [0, 0.05) is 19.0 Å². The highest BCUT2D eigenvalue weighted by Crippen LogP contribution is 2.27. The van der Waals surface area contributed by atoms with Crippen LogP contribution < -0.4 is 5.73 Å². The van der Waals surface area contributed by atoms with E-state index in [9.17, 15) is 4.79 Å². The van der Waals surface area contributed by atoms with Gasteiger partial charge in [-0.25, -0.2) is 0 Å². The SMILES string of the molecule is CCCCC(=O)N(CCCN)C1CC1. The molecule has 0 saturated heterocycles. The second-order valence-corrected chi connectivity index (χ2v) is 4.06. The number of nitrogens with zero attached hydrogens (tertiary/aromatic N) is 1. The summed E-state index contributed by atoms with van der Waals surface area (Å²) in [5, 5.41) is 0. The Morgan fingerprint density at radius 2 is 2.14 bits per heavy atom. The Labute approximate surface area is 86.6 Å². The number of unbranched alkanes of at least 4 members (excludes halogenated alkanes) is 1. The summed E-state index contributed by atoms with van der Waals surface area (Å²) in [7, 11) is 0. The number of rotatable bonds is 7. The zero-order valence-corrected chi connectivity index (χ0v) is 9.17. The summed E-state index contributed by atoms with van der Waals surface area (Å²) in [6, 6.07) is 0.547. The molecule has 1 fully saturated rings. The smallest absolute Gasteiger partial charge is 0.222 e. The summed E-state index contributed by atoms with van der Waals surface area (Å²) >= 11 is 0. The summed E-state index contributed by atoms with van der Waals surface area (Å²) in [5.41, 5.74) is 5.46. The molecule has 0 aliphatic heterocycles. The Bertz CT molecular complexity index is 178. The molecule has 2 N–H and O–H groups in total. The summed E-state index contributed by atoms with van der Waals surface area (Å²) in [6.45, 7) is 3.67. The molecule has 0 spiro atoms. The lowest BCUT2D eigenvalue weighted by Gasteiger charge is -2.22. The molecule has 0 aromatic carbocycles. The van der Waals surface area contributed by atoms with Crippen LogP contribution in [0.2, 0.25) is 0 Å². The van der Waals surface area contributed by atoms with Crippen LogP contribution in [0.3, 0.4) is 0 Å². The fraction of sp³-hybridized carbons (Fsp3) is 0.909. The van der Waals surface area contributed by atoms with E-state index in [1.807, 2.05) is 4.90 Å². The van der Waals surface area contributed by atoms with Crippen LogP contribution in [0.5, 0.6) is 0 Å². The fourth-order valence-electron chi connectivity index (χ4n) is 1.63. The number of carbonyl (C=O) groups excluding carboxylic acids is 1. The fourth-order valence-corrected chi connectivity index (χ4v) is 1.63. The van der Waals surface area contributed by atoms with Gasteiger partial charge >= 0.3 is 0 Å². The van der Waals surface area contributed by atoms with Crippen molar-refractivity contribution >= 4 is 5.91 Å². The molecule has 1 amide bonds. The van der Waals surface area contributed by atoms with Gasteiger partial charge in [-0.15, -0.1) is 0 Å². The summed E-state index contributed by atoms with van der Waals surface area (Å²) in [6.07, 6.45) is 6.17. The topological polar surface area (TPSA) is 46.3 Å². The molecule has 3 heteroatoms. The van der Waals surface area contributed by atoms with Crippen LogP contribution in [0.25, 0.3) is 0 Å². The van der Waals surface area contributed by atoms with Crippen LogP contribution in [0.1, 0.15) is 45.4 Å². The molecule has 1 aliphatic carbocycles. The van der Waals surface area contributed by atoms with Crippen LogP contribution in [0, 0.1) is 0 Å². The van der Waals surface area contributed by atoms with Crippen LogP contribution in [0.4, 0.5) is 0 Å². The molecule has 0 bridgehead atoms. The maximum absolute atomic E-state index is 11.8. The van der Waals surface area contributed by atoms with Gasteiger partial charge in [-0.05, 0) is 32.2 Å². The lowest BCUT2D eigenvalue weighted by molar-refractivity contribution is -0.131. The zero-order chi connectivity index (χ0) is 10.4. The van der Waals surface area contributed by atoms with Crippen LogP contribution >= 0.6 is 0 Å². The maximum atomic E-state index is 11.8. The number of nitrogens with two attached hydrogens (primary N) is 1. The van der Waals surface area contributed by atoms with Gasteiger partial charge < -0.3 is 10.6 Å². The first-order chi connectivity index (χ1) is 6.79. The van der Waals surface area contributed by atoms with E-state index in [1.165, 1.54) is 12.8 Å². The number of carbonyl (C=O) groups is 1. The molecule has 0 aromatic heterocycles. The molecular formula is C11H22N2O.